The van der Waals surface area contributed by atoms with E-state index in [1.165, 1.54) is 24.4 Å². The average Bonchev–Trinajstić information content (AvgIpc) is 2.57. The fourth-order valence-electron chi connectivity index (χ4n) is 3.09. The normalized spacial score (nSPS) is 19.6. The molecule has 3 nitrogen and oxygen atoms in total. The predicted octanol–water partition coefficient (Wildman–Crippen LogP) is 4.53. The molecule has 6 heteroatoms. The van der Waals surface area contributed by atoms with E-state index in [9.17, 15) is 14.0 Å². The second-order valence-electron chi connectivity index (χ2n) is 6.29. The zero-order valence-corrected chi connectivity index (χ0v) is 14.4. The minimum absolute atomic E-state index is 0.0347. The first kappa shape index (κ1) is 17.7. The highest BCUT2D eigenvalue weighted by atomic mass is 35.5. The predicted molar refractivity (Wildman–Crippen MR) is 90.1 cm³/mol. The Bertz CT molecular complexity index is 868. The lowest BCUT2D eigenvalue weighted by molar-refractivity contribution is -0.131. The Morgan fingerprint density at radius 2 is 2.12 bits per heavy atom. The monoisotopic (exact) mass is 363 g/mol. The van der Waals surface area contributed by atoms with Crippen LogP contribution in [-0.2, 0) is 16.9 Å². The zero-order chi connectivity index (χ0) is 18.2. The summed E-state index contributed by atoms with van der Waals surface area (Å²) in [7, 11) is 0. The van der Waals surface area contributed by atoms with Crippen LogP contribution in [0.15, 0.2) is 30.5 Å². The van der Waals surface area contributed by atoms with Crippen molar-refractivity contribution >= 4 is 23.2 Å². The molecule has 1 aromatic carbocycles. The van der Waals surface area contributed by atoms with Gasteiger partial charge in [0.15, 0.2) is 17.2 Å². The van der Waals surface area contributed by atoms with Gasteiger partial charge in [0.1, 0.15) is 11.5 Å². The van der Waals surface area contributed by atoms with E-state index >= 15 is 4.39 Å². The van der Waals surface area contributed by atoms with E-state index < -0.39 is 17.3 Å². The van der Waals surface area contributed by atoms with Crippen LogP contribution in [0.4, 0.5) is 8.78 Å². The van der Waals surface area contributed by atoms with Gasteiger partial charge in [-0.2, -0.15) is 0 Å². The van der Waals surface area contributed by atoms with Gasteiger partial charge in [0.2, 0.25) is 0 Å². The molecule has 1 atom stereocenters. The number of nitrogens with zero attached hydrogens (tertiary/aromatic N) is 1. The van der Waals surface area contributed by atoms with Crippen LogP contribution in [0.1, 0.15) is 46.4 Å². The number of aryl methyl sites for hydroxylation is 2. The van der Waals surface area contributed by atoms with Crippen molar-refractivity contribution < 1.29 is 18.4 Å². The number of hydrogen-bond donors (Lipinski definition) is 0. The molecule has 1 aliphatic rings. The maximum absolute atomic E-state index is 15.5. The lowest BCUT2D eigenvalue weighted by atomic mass is 9.78. The molecule has 0 N–H and O–H groups in total. The fraction of sp³-hybridized carbons (Fsp3) is 0.316. The van der Waals surface area contributed by atoms with Crippen LogP contribution in [0.2, 0.25) is 5.02 Å². The third-order valence-electron chi connectivity index (χ3n) is 4.49. The molecule has 1 aromatic heterocycles. The summed E-state index contributed by atoms with van der Waals surface area (Å²) in [6.45, 7) is 1.73. The Kier molecular flexibility index (Phi) is 4.69. The summed E-state index contributed by atoms with van der Waals surface area (Å²) in [4.78, 5) is 28.6. The van der Waals surface area contributed by atoms with Gasteiger partial charge in [-0.1, -0.05) is 17.7 Å². The van der Waals surface area contributed by atoms with E-state index in [0.717, 1.165) is 6.07 Å². The SMILES string of the molecule is Cc1cnc2c(c1)[C@](F)(C(=O)CCc1ccc(F)cc1Cl)CCC2=O. The summed E-state index contributed by atoms with van der Waals surface area (Å²) >= 11 is 5.95. The number of rotatable bonds is 4. The lowest BCUT2D eigenvalue weighted by Gasteiger charge is -2.29. The van der Waals surface area contributed by atoms with Gasteiger partial charge in [-0.25, -0.2) is 8.78 Å². The fourth-order valence-corrected chi connectivity index (χ4v) is 3.35. The molecular weight excluding hydrogens is 348 g/mol. The van der Waals surface area contributed by atoms with Gasteiger partial charge >= 0.3 is 0 Å². The maximum atomic E-state index is 15.5. The molecule has 0 spiro atoms. The van der Waals surface area contributed by atoms with E-state index in [1.54, 1.807) is 6.92 Å². The molecule has 25 heavy (non-hydrogen) atoms. The van der Waals surface area contributed by atoms with Gasteiger partial charge in [0.25, 0.3) is 0 Å². The van der Waals surface area contributed by atoms with E-state index in [-0.39, 0.29) is 47.7 Å². The van der Waals surface area contributed by atoms with Crippen molar-refractivity contribution in [1.29, 1.82) is 0 Å². The molecule has 0 saturated heterocycles. The molecule has 2 aromatic rings. The van der Waals surface area contributed by atoms with E-state index in [1.807, 2.05) is 0 Å². The summed E-state index contributed by atoms with van der Waals surface area (Å²) in [6, 6.07) is 5.41. The standard InChI is InChI=1S/C19H16ClF2NO2/c1-11-8-14-18(23-10-11)16(24)6-7-19(14,22)17(25)5-3-12-2-4-13(21)9-15(12)20/h2,4,8-10H,3,5-7H2,1H3/t19-/m0/s1. The Morgan fingerprint density at radius 3 is 2.84 bits per heavy atom. The molecule has 130 valence electrons. The first-order valence-corrected chi connectivity index (χ1v) is 8.35. The second kappa shape index (κ2) is 6.64. The molecule has 0 amide bonds. The summed E-state index contributed by atoms with van der Waals surface area (Å²) < 4.78 is 28.6. The molecule has 0 bridgehead atoms. The number of halogens is 3. The van der Waals surface area contributed by atoms with Gasteiger partial charge in [0, 0.05) is 36.0 Å². The van der Waals surface area contributed by atoms with E-state index in [4.69, 9.17) is 11.6 Å². The Hall–Kier alpha value is -2.14. The number of alkyl halides is 1. The van der Waals surface area contributed by atoms with Crippen LogP contribution in [0.25, 0.3) is 0 Å². The minimum atomic E-state index is -2.23. The summed E-state index contributed by atoms with van der Waals surface area (Å²) in [5, 5.41) is 0.206. The van der Waals surface area contributed by atoms with Crippen molar-refractivity contribution in [3.05, 3.63) is 63.7 Å². The van der Waals surface area contributed by atoms with Gasteiger partial charge in [-0.15, -0.1) is 0 Å². The third kappa shape index (κ3) is 3.33. The maximum Gasteiger partial charge on any atom is 0.196 e. The van der Waals surface area contributed by atoms with Crippen LogP contribution in [0.5, 0.6) is 0 Å². The number of carbonyl (C=O) groups is 2. The molecule has 1 aliphatic carbocycles. The third-order valence-corrected chi connectivity index (χ3v) is 4.84. The molecular formula is C19H16ClF2NO2. The van der Waals surface area contributed by atoms with Crippen LogP contribution < -0.4 is 0 Å². The number of hydrogen-bond acceptors (Lipinski definition) is 3. The largest absolute Gasteiger partial charge is 0.296 e. The summed E-state index contributed by atoms with van der Waals surface area (Å²) in [6.07, 6.45) is 1.36. The first-order chi connectivity index (χ1) is 11.8. The van der Waals surface area contributed by atoms with E-state index in [0.29, 0.717) is 11.1 Å². The molecule has 0 saturated carbocycles. The highest BCUT2D eigenvalue weighted by Crippen LogP contribution is 2.40. The minimum Gasteiger partial charge on any atom is -0.296 e. The quantitative estimate of drug-likeness (QED) is 0.802. The van der Waals surface area contributed by atoms with Crippen molar-refractivity contribution in [2.75, 3.05) is 0 Å². The summed E-state index contributed by atoms with van der Waals surface area (Å²) in [5.41, 5.74) is -0.875. The number of pyridine rings is 1. The van der Waals surface area contributed by atoms with Crippen LogP contribution in [0.3, 0.4) is 0 Å². The number of aromatic nitrogens is 1. The van der Waals surface area contributed by atoms with Gasteiger partial charge in [-0.05, 0) is 42.7 Å². The molecule has 0 fully saturated rings. The number of fused-ring (bicyclic) bond motifs is 1. The molecule has 0 radical (unpaired) electrons. The van der Waals surface area contributed by atoms with Crippen LogP contribution in [-0.4, -0.2) is 16.6 Å². The molecule has 1 heterocycles. The van der Waals surface area contributed by atoms with Gasteiger partial charge in [0.05, 0.1) is 0 Å². The Labute approximate surface area is 149 Å². The average molecular weight is 364 g/mol. The van der Waals surface area contributed by atoms with Crippen molar-refractivity contribution in [3.63, 3.8) is 0 Å². The smallest absolute Gasteiger partial charge is 0.196 e. The topological polar surface area (TPSA) is 47.0 Å². The highest BCUT2D eigenvalue weighted by molar-refractivity contribution is 6.31. The molecule has 0 aliphatic heterocycles. The Morgan fingerprint density at radius 1 is 1.36 bits per heavy atom. The van der Waals surface area contributed by atoms with Crippen LogP contribution >= 0.6 is 11.6 Å². The number of Topliss-reactive ketones (excluding diaryl/α,β-unsaturated/α-hetero) is 2. The van der Waals surface area contributed by atoms with Crippen molar-refractivity contribution in [3.8, 4) is 0 Å². The number of benzene rings is 1. The van der Waals surface area contributed by atoms with Crippen molar-refractivity contribution in [2.45, 2.75) is 38.3 Å². The van der Waals surface area contributed by atoms with Crippen molar-refractivity contribution in [1.82, 2.24) is 4.98 Å². The molecule has 0 unspecified atom stereocenters. The lowest BCUT2D eigenvalue weighted by Crippen LogP contribution is -2.37. The van der Waals surface area contributed by atoms with Gasteiger partial charge < -0.3 is 0 Å². The first-order valence-electron chi connectivity index (χ1n) is 7.98. The zero-order valence-electron chi connectivity index (χ0n) is 13.6. The van der Waals surface area contributed by atoms with E-state index in [2.05, 4.69) is 4.98 Å². The summed E-state index contributed by atoms with van der Waals surface area (Å²) in [5.74, 6) is -1.34. The number of ketones is 2. The Balaban J connectivity index is 1.85. The van der Waals surface area contributed by atoms with Gasteiger partial charge in [-0.3, -0.25) is 14.6 Å². The second-order valence-corrected chi connectivity index (χ2v) is 6.70. The van der Waals surface area contributed by atoms with Crippen molar-refractivity contribution in [2.24, 2.45) is 0 Å². The van der Waals surface area contributed by atoms with Crippen LogP contribution in [0, 0.1) is 12.7 Å². The molecule has 3 rings (SSSR count). The number of carbonyl (C=O) groups excluding carboxylic acids is 2. The highest BCUT2D eigenvalue weighted by Gasteiger charge is 2.46.